The topological polar surface area (TPSA) is 32.3 Å². The molecule has 0 fully saturated rings. The van der Waals surface area contributed by atoms with Gasteiger partial charge in [-0.2, -0.15) is 0 Å². The number of aromatic hydroxyl groups is 1. The van der Waals surface area contributed by atoms with E-state index in [2.05, 4.69) is 5.32 Å². The minimum Gasteiger partial charge on any atom is -0.508 e. The van der Waals surface area contributed by atoms with Crippen LogP contribution in [0.15, 0.2) is 48.5 Å². The molecule has 0 aliphatic carbocycles. The van der Waals surface area contributed by atoms with Crippen LogP contribution in [0.2, 0.25) is 0 Å². The Kier molecular flexibility index (Phi) is 3.28. The van der Waals surface area contributed by atoms with Gasteiger partial charge < -0.3 is 10.4 Å². The van der Waals surface area contributed by atoms with E-state index in [-0.39, 0.29) is 17.6 Å². The lowest BCUT2D eigenvalue weighted by Crippen LogP contribution is -2.08. The van der Waals surface area contributed by atoms with E-state index in [9.17, 15) is 4.39 Å². The Balaban J connectivity index is 2.14. The summed E-state index contributed by atoms with van der Waals surface area (Å²) in [6.45, 7) is 1.89. The molecule has 0 saturated carbocycles. The van der Waals surface area contributed by atoms with Gasteiger partial charge in [-0.25, -0.2) is 4.39 Å². The van der Waals surface area contributed by atoms with E-state index in [0.29, 0.717) is 5.56 Å². The van der Waals surface area contributed by atoms with Gasteiger partial charge in [0.25, 0.3) is 0 Å². The summed E-state index contributed by atoms with van der Waals surface area (Å²) >= 11 is 0. The second-order valence-electron chi connectivity index (χ2n) is 3.93. The molecular weight excluding hydrogens is 217 g/mol. The molecule has 17 heavy (non-hydrogen) atoms. The van der Waals surface area contributed by atoms with Crippen molar-refractivity contribution in [2.75, 3.05) is 5.32 Å². The van der Waals surface area contributed by atoms with Crippen molar-refractivity contribution < 1.29 is 9.50 Å². The van der Waals surface area contributed by atoms with Crippen LogP contribution in [-0.2, 0) is 0 Å². The van der Waals surface area contributed by atoms with Gasteiger partial charge in [0, 0.05) is 11.3 Å². The number of anilines is 1. The molecule has 3 heteroatoms. The van der Waals surface area contributed by atoms with E-state index >= 15 is 0 Å². The maximum absolute atomic E-state index is 13.5. The second kappa shape index (κ2) is 4.87. The zero-order valence-electron chi connectivity index (χ0n) is 9.52. The van der Waals surface area contributed by atoms with Gasteiger partial charge in [0.2, 0.25) is 0 Å². The number of nitrogens with one attached hydrogen (secondary N) is 1. The standard InChI is InChI=1S/C14H14FNO/c1-10(13-4-2-3-5-14(13)15)16-11-6-8-12(17)9-7-11/h2-10,16-17H,1H3. The summed E-state index contributed by atoms with van der Waals surface area (Å²) in [6.07, 6.45) is 0. The number of hydrogen-bond acceptors (Lipinski definition) is 2. The number of rotatable bonds is 3. The molecule has 0 aliphatic heterocycles. The van der Waals surface area contributed by atoms with Gasteiger partial charge in [-0.1, -0.05) is 18.2 Å². The van der Waals surface area contributed by atoms with Crippen LogP contribution in [0.4, 0.5) is 10.1 Å². The molecule has 1 unspecified atom stereocenters. The molecule has 2 nitrogen and oxygen atoms in total. The first kappa shape index (κ1) is 11.5. The van der Waals surface area contributed by atoms with Gasteiger partial charge in [-0.3, -0.25) is 0 Å². The zero-order chi connectivity index (χ0) is 12.3. The van der Waals surface area contributed by atoms with Crippen LogP contribution in [-0.4, -0.2) is 5.11 Å². The van der Waals surface area contributed by atoms with Crippen LogP contribution >= 0.6 is 0 Å². The Morgan fingerprint density at radius 3 is 2.35 bits per heavy atom. The first-order valence-electron chi connectivity index (χ1n) is 5.47. The van der Waals surface area contributed by atoms with Crippen molar-refractivity contribution >= 4 is 5.69 Å². The summed E-state index contributed by atoms with van der Waals surface area (Å²) in [5.41, 5.74) is 1.47. The lowest BCUT2D eigenvalue weighted by molar-refractivity contribution is 0.475. The highest BCUT2D eigenvalue weighted by atomic mass is 19.1. The largest absolute Gasteiger partial charge is 0.508 e. The average Bonchev–Trinajstić information content (AvgIpc) is 2.32. The van der Waals surface area contributed by atoms with Gasteiger partial charge in [0.15, 0.2) is 0 Å². The van der Waals surface area contributed by atoms with Crippen molar-refractivity contribution in [3.63, 3.8) is 0 Å². The van der Waals surface area contributed by atoms with Crippen LogP contribution in [0.1, 0.15) is 18.5 Å². The maximum atomic E-state index is 13.5. The molecule has 0 saturated heterocycles. The Morgan fingerprint density at radius 1 is 1.06 bits per heavy atom. The van der Waals surface area contributed by atoms with Crippen molar-refractivity contribution in [1.29, 1.82) is 0 Å². The van der Waals surface area contributed by atoms with Crippen LogP contribution in [0, 0.1) is 5.82 Å². The quantitative estimate of drug-likeness (QED) is 0.789. The number of phenols is 1. The van der Waals surface area contributed by atoms with E-state index in [0.717, 1.165) is 5.69 Å². The molecule has 0 aliphatic rings. The highest BCUT2D eigenvalue weighted by Crippen LogP contribution is 2.22. The van der Waals surface area contributed by atoms with Gasteiger partial charge in [0.05, 0.1) is 6.04 Å². The molecule has 2 rings (SSSR count). The average molecular weight is 231 g/mol. The SMILES string of the molecule is CC(Nc1ccc(O)cc1)c1ccccc1F. The summed E-state index contributed by atoms with van der Waals surface area (Å²) in [5.74, 6) is 0.000345. The first-order chi connectivity index (χ1) is 8.16. The molecule has 2 N–H and O–H groups in total. The molecule has 0 spiro atoms. The lowest BCUT2D eigenvalue weighted by atomic mass is 10.1. The second-order valence-corrected chi connectivity index (χ2v) is 3.93. The fourth-order valence-electron chi connectivity index (χ4n) is 1.71. The molecule has 0 radical (unpaired) electrons. The molecule has 0 bridgehead atoms. The van der Waals surface area contributed by atoms with Gasteiger partial charge in [0.1, 0.15) is 11.6 Å². The number of hydrogen-bond donors (Lipinski definition) is 2. The molecule has 1 atom stereocenters. The van der Waals surface area contributed by atoms with Crippen molar-refractivity contribution in [2.45, 2.75) is 13.0 Å². The number of halogens is 1. The Bertz CT molecular complexity index is 496. The molecule has 2 aromatic carbocycles. The monoisotopic (exact) mass is 231 g/mol. The van der Waals surface area contributed by atoms with E-state index < -0.39 is 0 Å². The minimum absolute atomic E-state index is 0.124. The van der Waals surface area contributed by atoms with Crippen LogP contribution < -0.4 is 5.32 Å². The number of phenolic OH excluding ortho intramolecular Hbond substituents is 1. The zero-order valence-corrected chi connectivity index (χ0v) is 9.52. The fourth-order valence-corrected chi connectivity index (χ4v) is 1.71. The summed E-state index contributed by atoms with van der Waals surface area (Å²) in [6, 6.07) is 13.3. The van der Waals surface area contributed by atoms with E-state index in [1.807, 2.05) is 13.0 Å². The fraction of sp³-hybridized carbons (Fsp3) is 0.143. The van der Waals surface area contributed by atoms with Crippen molar-refractivity contribution in [3.8, 4) is 5.75 Å². The maximum Gasteiger partial charge on any atom is 0.128 e. The van der Waals surface area contributed by atoms with Gasteiger partial charge >= 0.3 is 0 Å². The van der Waals surface area contributed by atoms with E-state index in [1.54, 1.807) is 36.4 Å². The lowest BCUT2D eigenvalue weighted by Gasteiger charge is -2.16. The third kappa shape index (κ3) is 2.75. The van der Waals surface area contributed by atoms with Crippen molar-refractivity contribution in [3.05, 3.63) is 59.9 Å². The molecule has 2 aromatic rings. The smallest absolute Gasteiger partial charge is 0.128 e. The van der Waals surface area contributed by atoms with Crippen LogP contribution in [0.3, 0.4) is 0 Å². The van der Waals surface area contributed by atoms with Crippen LogP contribution in [0.25, 0.3) is 0 Å². The highest BCUT2D eigenvalue weighted by molar-refractivity contribution is 5.47. The molecule has 88 valence electrons. The summed E-state index contributed by atoms with van der Waals surface area (Å²) in [5, 5.41) is 12.3. The third-order valence-corrected chi connectivity index (χ3v) is 2.62. The third-order valence-electron chi connectivity index (χ3n) is 2.62. The summed E-state index contributed by atoms with van der Waals surface area (Å²) in [7, 11) is 0. The molecule has 0 heterocycles. The Morgan fingerprint density at radius 2 is 1.71 bits per heavy atom. The molecular formula is C14H14FNO. The number of benzene rings is 2. The Hall–Kier alpha value is -2.03. The van der Waals surface area contributed by atoms with Crippen molar-refractivity contribution in [1.82, 2.24) is 0 Å². The predicted octanol–water partition coefficient (Wildman–Crippen LogP) is 3.70. The van der Waals surface area contributed by atoms with E-state index in [4.69, 9.17) is 5.11 Å². The van der Waals surface area contributed by atoms with Gasteiger partial charge in [-0.05, 0) is 37.3 Å². The van der Waals surface area contributed by atoms with Crippen LogP contribution in [0.5, 0.6) is 5.75 Å². The highest BCUT2D eigenvalue weighted by Gasteiger charge is 2.09. The minimum atomic E-state index is -0.216. The summed E-state index contributed by atoms with van der Waals surface area (Å²) in [4.78, 5) is 0. The summed E-state index contributed by atoms with van der Waals surface area (Å²) < 4.78 is 13.5. The first-order valence-corrected chi connectivity index (χ1v) is 5.47. The van der Waals surface area contributed by atoms with Crippen molar-refractivity contribution in [2.24, 2.45) is 0 Å². The van der Waals surface area contributed by atoms with E-state index in [1.165, 1.54) is 6.07 Å². The predicted molar refractivity (Wildman–Crippen MR) is 66.5 cm³/mol. The normalized spacial score (nSPS) is 12.1. The van der Waals surface area contributed by atoms with Gasteiger partial charge in [-0.15, -0.1) is 0 Å². The molecule has 0 aromatic heterocycles. The Labute approximate surface area is 99.7 Å². The molecule has 0 amide bonds.